The predicted molar refractivity (Wildman–Crippen MR) is 126 cm³/mol. The molecule has 0 saturated carbocycles. The highest BCUT2D eigenvalue weighted by molar-refractivity contribution is 5.62. The van der Waals surface area contributed by atoms with E-state index in [4.69, 9.17) is 0 Å². The molecule has 1 aromatic carbocycles. The summed E-state index contributed by atoms with van der Waals surface area (Å²) in [6.07, 6.45) is 21.8. The highest BCUT2D eigenvalue weighted by atomic mass is 16.6. The topological polar surface area (TPSA) is 46.4 Å². The maximum atomic E-state index is 11.1. The molecule has 4 nitrogen and oxygen atoms in total. The Labute approximate surface area is 179 Å². The summed E-state index contributed by atoms with van der Waals surface area (Å²) in [6.45, 7) is 3.16. The van der Waals surface area contributed by atoms with Crippen LogP contribution in [-0.4, -0.2) is 18.5 Å². The Morgan fingerprint density at radius 2 is 1.14 bits per heavy atom. The minimum absolute atomic E-state index is 0.200. The van der Waals surface area contributed by atoms with Crippen LogP contribution in [0.4, 0.5) is 11.4 Å². The van der Waals surface area contributed by atoms with Gasteiger partial charge in [-0.05, 0) is 12.5 Å². The van der Waals surface area contributed by atoms with E-state index in [-0.39, 0.29) is 10.6 Å². The second-order valence-corrected chi connectivity index (χ2v) is 8.47. The number of rotatable bonds is 19. The molecule has 1 aromatic rings. The van der Waals surface area contributed by atoms with E-state index in [0.717, 1.165) is 18.7 Å². The van der Waals surface area contributed by atoms with Crippen LogP contribution >= 0.6 is 0 Å². The molecule has 1 rings (SSSR count). The lowest BCUT2D eigenvalue weighted by molar-refractivity contribution is -0.384. The van der Waals surface area contributed by atoms with E-state index in [0.29, 0.717) is 0 Å². The number of para-hydroxylation sites is 2. The average molecular weight is 405 g/mol. The molecule has 0 unspecified atom stereocenters. The van der Waals surface area contributed by atoms with Crippen molar-refractivity contribution in [3.05, 3.63) is 34.4 Å². The second kappa shape index (κ2) is 17.3. The molecule has 0 aliphatic carbocycles. The van der Waals surface area contributed by atoms with Crippen molar-refractivity contribution >= 4 is 11.4 Å². The van der Waals surface area contributed by atoms with Crippen molar-refractivity contribution in [3.8, 4) is 0 Å². The maximum absolute atomic E-state index is 11.1. The Morgan fingerprint density at radius 1 is 0.724 bits per heavy atom. The molecule has 0 fully saturated rings. The molecule has 0 radical (unpaired) electrons. The van der Waals surface area contributed by atoms with Crippen LogP contribution in [0.15, 0.2) is 24.3 Å². The number of nitro groups is 1. The molecule has 0 saturated heterocycles. The van der Waals surface area contributed by atoms with Gasteiger partial charge < -0.3 is 4.90 Å². The monoisotopic (exact) mass is 404 g/mol. The summed E-state index contributed by atoms with van der Waals surface area (Å²) >= 11 is 0. The largest absolute Gasteiger partial charge is 0.369 e. The summed E-state index contributed by atoms with van der Waals surface area (Å²) in [5, 5.41) is 11.1. The second-order valence-electron chi connectivity index (χ2n) is 8.47. The highest BCUT2D eigenvalue weighted by Crippen LogP contribution is 2.26. The minimum Gasteiger partial charge on any atom is -0.369 e. The van der Waals surface area contributed by atoms with Gasteiger partial charge in [-0.25, -0.2) is 0 Å². The quantitative estimate of drug-likeness (QED) is 0.132. The van der Waals surface area contributed by atoms with E-state index in [9.17, 15) is 10.1 Å². The third-order valence-corrected chi connectivity index (χ3v) is 5.84. The zero-order valence-electron chi connectivity index (χ0n) is 19.0. The standard InChI is InChI=1S/C25H44N2O2/c1-3-4-5-6-7-8-9-10-11-12-13-14-15-16-17-20-23-26(2)24-21-18-19-22-25(24)27(28)29/h18-19,21-22H,3-17,20,23H2,1-2H3. The molecule has 0 atom stereocenters. The Morgan fingerprint density at radius 3 is 1.59 bits per heavy atom. The number of nitrogens with zero attached hydrogens (tertiary/aromatic N) is 2. The van der Waals surface area contributed by atoms with Gasteiger partial charge in [0.1, 0.15) is 5.69 Å². The van der Waals surface area contributed by atoms with Gasteiger partial charge in [0.2, 0.25) is 0 Å². The van der Waals surface area contributed by atoms with Crippen molar-refractivity contribution in [3.63, 3.8) is 0 Å². The van der Waals surface area contributed by atoms with Crippen molar-refractivity contribution in [2.45, 2.75) is 110 Å². The third kappa shape index (κ3) is 12.6. The number of nitro benzene ring substituents is 1. The fourth-order valence-corrected chi connectivity index (χ4v) is 3.96. The van der Waals surface area contributed by atoms with Gasteiger partial charge in [-0.1, -0.05) is 115 Å². The Hall–Kier alpha value is -1.58. The van der Waals surface area contributed by atoms with E-state index in [2.05, 4.69) is 6.92 Å². The maximum Gasteiger partial charge on any atom is 0.292 e. The Balaban J connectivity index is 1.91. The summed E-state index contributed by atoms with van der Waals surface area (Å²) in [6, 6.07) is 7.01. The van der Waals surface area contributed by atoms with E-state index < -0.39 is 0 Å². The van der Waals surface area contributed by atoms with Crippen molar-refractivity contribution in [2.75, 3.05) is 18.5 Å². The molecule has 0 spiro atoms. The van der Waals surface area contributed by atoms with Crippen LogP contribution in [-0.2, 0) is 0 Å². The molecule has 0 bridgehead atoms. The van der Waals surface area contributed by atoms with Gasteiger partial charge in [-0.15, -0.1) is 0 Å². The molecule has 0 N–H and O–H groups in total. The van der Waals surface area contributed by atoms with Crippen LogP contribution in [0.5, 0.6) is 0 Å². The van der Waals surface area contributed by atoms with Gasteiger partial charge in [0.15, 0.2) is 0 Å². The minimum atomic E-state index is -0.292. The van der Waals surface area contributed by atoms with Crippen LogP contribution < -0.4 is 4.90 Å². The number of hydrogen-bond donors (Lipinski definition) is 0. The SMILES string of the molecule is CCCCCCCCCCCCCCCCCCN(C)c1ccccc1[N+](=O)[O-]. The third-order valence-electron chi connectivity index (χ3n) is 5.84. The first-order valence-electron chi connectivity index (χ1n) is 12.1. The molecule has 0 aromatic heterocycles. The molecule has 0 heterocycles. The molecular weight excluding hydrogens is 360 g/mol. The van der Waals surface area contributed by atoms with Crippen LogP contribution in [0.25, 0.3) is 0 Å². The predicted octanol–water partition coefficient (Wildman–Crippen LogP) is 8.29. The zero-order valence-corrected chi connectivity index (χ0v) is 19.0. The van der Waals surface area contributed by atoms with Gasteiger partial charge in [0, 0.05) is 19.7 Å². The first-order chi connectivity index (χ1) is 14.2. The number of anilines is 1. The summed E-state index contributed by atoms with van der Waals surface area (Å²) in [7, 11) is 1.95. The summed E-state index contributed by atoms with van der Waals surface area (Å²) < 4.78 is 0. The van der Waals surface area contributed by atoms with Gasteiger partial charge in [-0.3, -0.25) is 10.1 Å². The molecule has 166 valence electrons. The first kappa shape index (κ1) is 25.5. The fraction of sp³-hybridized carbons (Fsp3) is 0.760. The van der Waals surface area contributed by atoms with Crippen LogP contribution in [0, 0.1) is 10.1 Å². The summed E-state index contributed by atoms with van der Waals surface area (Å²) in [5.74, 6) is 0. The zero-order chi connectivity index (χ0) is 21.2. The molecule has 0 aliphatic heterocycles. The average Bonchev–Trinajstić information content (AvgIpc) is 2.73. The van der Waals surface area contributed by atoms with Crippen molar-refractivity contribution < 1.29 is 4.92 Å². The van der Waals surface area contributed by atoms with Crippen LogP contribution in [0.1, 0.15) is 110 Å². The highest BCUT2D eigenvalue weighted by Gasteiger charge is 2.15. The van der Waals surface area contributed by atoms with Crippen molar-refractivity contribution in [1.82, 2.24) is 0 Å². The lowest BCUT2D eigenvalue weighted by Gasteiger charge is -2.18. The van der Waals surface area contributed by atoms with Crippen LogP contribution in [0.2, 0.25) is 0 Å². The lowest BCUT2D eigenvalue weighted by Crippen LogP contribution is -2.19. The van der Waals surface area contributed by atoms with E-state index in [1.165, 1.54) is 96.3 Å². The summed E-state index contributed by atoms with van der Waals surface area (Å²) in [4.78, 5) is 12.9. The van der Waals surface area contributed by atoms with Gasteiger partial charge in [0.25, 0.3) is 5.69 Å². The summed E-state index contributed by atoms with van der Waals surface area (Å²) in [5.41, 5.74) is 0.921. The molecule has 0 aliphatic rings. The lowest BCUT2D eigenvalue weighted by atomic mass is 10.0. The van der Waals surface area contributed by atoms with Gasteiger partial charge in [0.05, 0.1) is 4.92 Å². The number of unbranched alkanes of at least 4 members (excludes halogenated alkanes) is 15. The molecular formula is C25H44N2O2. The van der Waals surface area contributed by atoms with Crippen molar-refractivity contribution in [2.24, 2.45) is 0 Å². The number of hydrogen-bond acceptors (Lipinski definition) is 3. The molecule has 29 heavy (non-hydrogen) atoms. The van der Waals surface area contributed by atoms with Gasteiger partial charge >= 0.3 is 0 Å². The van der Waals surface area contributed by atoms with E-state index in [1.54, 1.807) is 12.1 Å². The van der Waals surface area contributed by atoms with E-state index in [1.807, 2.05) is 24.1 Å². The van der Waals surface area contributed by atoms with Gasteiger partial charge in [-0.2, -0.15) is 0 Å². The van der Waals surface area contributed by atoms with E-state index >= 15 is 0 Å². The Bertz CT molecular complexity index is 533. The smallest absolute Gasteiger partial charge is 0.292 e. The first-order valence-corrected chi connectivity index (χ1v) is 12.1. The molecule has 4 heteroatoms. The van der Waals surface area contributed by atoms with Crippen molar-refractivity contribution in [1.29, 1.82) is 0 Å². The number of benzene rings is 1. The molecule has 0 amide bonds. The Kier molecular flexibility index (Phi) is 15.2. The normalized spacial score (nSPS) is 11.0. The van der Waals surface area contributed by atoms with Crippen LogP contribution in [0.3, 0.4) is 0 Å². The fourth-order valence-electron chi connectivity index (χ4n) is 3.96.